The molecule has 0 radical (unpaired) electrons. The number of hydrogen-bond acceptors (Lipinski definition) is 2. The highest BCUT2D eigenvalue weighted by molar-refractivity contribution is 5.91. The minimum atomic E-state index is -0.444. The molecule has 0 bridgehead atoms. The van der Waals surface area contributed by atoms with Crippen molar-refractivity contribution < 1.29 is 9.59 Å². The first-order chi connectivity index (χ1) is 7.75. The predicted octanol–water partition coefficient (Wildman–Crippen LogP) is 1.25. The highest BCUT2D eigenvalue weighted by atomic mass is 16.2. The number of para-hydroxylation sites is 1. The van der Waals surface area contributed by atoms with E-state index in [2.05, 4.69) is 16.2 Å². The number of carbonyl (C=O) groups excluding carboxylic acids is 2. The van der Waals surface area contributed by atoms with E-state index >= 15 is 0 Å². The van der Waals surface area contributed by atoms with Gasteiger partial charge in [-0.3, -0.25) is 10.2 Å². The monoisotopic (exact) mass is 219 g/mol. The summed E-state index contributed by atoms with van der Waals surface area (Å²) in [5, 5.41) is 2.59. The summed E-state index contributed by atoms with van der Waals surface area (Å²) in [6.45, 7) is 0. The summed E-state index contributed by atoms with van der Waals surface area (Å²) in [6, 6.07) is 8.58. The van der Waals surface area contributed by atoms with Crippen molar-refractivity contribution in [2.24, 2.45) is 5.92 Å². The van der Waals surface area contributed by atoms with Crippen molar-refractivity contribution in [3.63, 3.8) is 0 Å². The van der Waals surface area contributed by atoms with E-state index in [9.17, 15) is 9.59 Å². The minimum absolute atomic E-state index is 0.0806. The van der Waals surface area contributed by atoms with Crippen molar-refractivity contribution in [3.8, 4) is 0 Å². The Bertz CT molecular complexity index is 387. The van der Waals surface area contributed by atoms with Gasteiger partial charge in [0.15, 0.2) is 0 Å². The summed E-state index contributed by atoms with van der Waals surface area (Å²) in [7, 11) is 0. The summed E-state index contributed by atoms with van der Waals surface area (Å²) in [4.78, 5) is 22.5. The first-order valence-electron chi connectivity index (χ1n) is 5.17. The van der Waals surface area contributed by atoms with Crippen LogP contribution in [-0.4, -0.2) is 11.9 Å². The van der Waals surface area contributed by atoms with Crippen molar-refractivity contribution in [1.29, 1.82) is 0 Å². The number of rotatable bonds is 2. The topological polar surface area (TPSA) is 70.2 Å². The van der Waals surface area contributed by atoms with Crippen molar-refractivity contribution in [3.05, 3.63) is 30.3 Å². The zero-order valence-corrected chi connectivity index (χ0v) is 8.69. The summed E-state index contributed by atoms with van der Waals surface area (Å²) in [5.41, 5.74) is 5.35. The molecule has 1 aliphatic rings. The van der Waals surface area contributed by atoms with Gasteiger partial charge in [-0.1, -0.05) is 18.2 Å². The molecule has 0 aromatic heterocycles. The van der Waals surface area contributed by atoms with Gasteiger partial charge in [0.25, 0.3) is 0 Å². The Morgan fingerprint density at radius 2 is 1.75 bits per heavy atom. The maximum Gasteiger partial charge on any atom is 0.337 e. The van der Waals surface area contributed by atoms with Gasteiger partial charge < -0.3 is 5.32 Å². The van der Waals surface area contributed by atoms with Gasteiger partial charge in [0.05, 0.1) is 0 Å². The zero-order valence-electron chi connectivity index (χ0n) is 8.69. The van der Waals surface area contributed by atoms with Gasteiger partial charge in [-0.25, -0.2) is 10.2 Å². The Balaban J connectivity index is 1.74. The standard InChI is InChI=1S/C11H13N3O2/c15-10(8-6-7-8)13-14-11(16)12-9-4-2-1-3-5-9/h1-5,8H,6-7H2,(H,13,15)(H2,12,14,16). The molecule has 5 nitrogen and oxygen atoms in total. The fourth-order valence-electron chi connectivity index (χ4n) is 1.25. The smallest absolute Gasteiger partial charge is 0.307 e. The average Bonchev–Trinajstić information content (AvgIpc) is 3.11. The van der Waals surface area contributed by atoms with Gasteiger partial charge in [0.2, 0.25) is 5.91 Å². The zero-order chi connectivity index (χ0) is 11.4. The summed E-state index contributed by atoms with van der Waals surface area (Å²) in [6.07, 6.45) is 1.82. The van der Waals surface area contributed by atoms with Crippen LogP contribution >= 0.6 is 0 Å². The molecule has 0 saturated heterocycles. The first-order valence-corrected chi connectivity index (χ1v) is 5.17. The molecule has 0 unspecified atom stereocenters. The van der Waals surface area contributed by atoms with E-state index in [0.717, 1.165) is 12.8 Å². The fraction of sp³-hybridized carbons (Fsp3) is 0.273. The third-order valence-electron chi connectivity index (χ3n) is 2.28. The summed E-state index contributed by atoms with van der Waals surface area (Å²) >= 11 is 0. The lowest BCUT2D eigenvalue weighted by Crippen LogP contribution is -2.44. The number of hydrazine groups is 1. The molecule has 1 fully saturated rings. The largest absolute Gasteiger partial charge is 0.337 e. The number of carbonyl (C=O) groups is 2. The van der Waals surface area contributed by atoms with Crippen LogP contribution in [0.5, 0.6) is 0 Å². The average molecular weight is 219 g/mol. The van der Waals surface area contributed by atoms with Gasteiger partial charge in [0.1, 0.15) is 0 Å². The molecule has 2 rings (SSSR count). The molecule has 1 aromatic rings. The second kappa shape index (κ2) is 4.65. The van der Waals surface area contributed by atoms with Crippen LogP contribution in [0.4, 0.5) is 10.5 Å². The molecular formula is C11H13N3O2. The molecule has 16 heavy (non-hydrogen) atoms. The minimum Gasteiger partial charge on any atom is -0.307 e. The predicted molar refractivity (Wildman–Crippen MR) is 59.5 cm³/mol. The number of amides is 3. The maximum absolute atomic E-state index is 11.3. The molecule has 1 aromatic carbocycles. The van der Waals surface area contributed by atoms with E-state index in [1.807, 2.05) is 18.2 Å². The molecule has 0 atom stereocenters. The number of urea groups is 1. The number of anilines is 1. The molecule has 1 aliphatic carbocycles. The van der Waals surface area contributed by atoms with Gasteiger partial charge in [0, 0.05) is 11.6 Å². The number of nitrogens with one attached hydrogen (secondary N) is 3. The second-order valence-corrected chi connectivity index (χ2v) is 3.71. The van der Waals surface area contributed by atoms with Crippen molar-refractivity contribution in [2.45, 2.75) is 12.8 Å². The van der Waals surface area contributed by atoms with E-state index in [1.165, 1.54) is 0 Å². The van der Waals surface area contributed by atoms with E-state index < -0.39 is 6.03 Å². The molecule has 0 aliphatic heterocycles. The van der Waals surface area contributed by atoms with Crippen LogP contribution in [-0.2, 0) is 4.79 Å². The second-order valence-electron chi connectivity index (χ2n) is 3.71. The first kappa shape index (κ1) is 10.5. The van der Waals surface area contributed by atoms with Crippen molar-refractivity contribution in [2.75, 3.05) is 5.32 Å². The summed E-state index contributed by atoms with van der Waals surface area (Å²) in [5.74, 6) is -0.0414. The Morgan fingerprint density at radius 1 is 1.06 bits per heavy atom. The Morgan fingerprint density at radius 3 is 2.38 bits per heavy atom. The normalized spacial score (nSPS) is 14.0. The fourth-order valence-corrected chi connectivity index (χ4v) is 1.25. The Kier molecular flexibility index (Phi) is 3.05. The summed E-state index contributed by atoms with van der Waals surface area (Å²) < 4.78 is 0. The van der Waals surface area contributed by atoms with Gasteiger partial charge in [-0.05, 0) is 25.0 Å². The highest BCUT2D eigenvalue weighted by Crippen LogP contribution is 2.28. The third kappa shape index (κ3) is 2.98. The van der Waals surface area contributed by atoms with Gasteiger partial charge >= 0.3 is 6.03 Å². The maximum atomic E-state index is 11.3. The molecule has 84 valence electrons. The highest BCUT2D eigenvalue weighted by Gasteiger charge is 2.29. The third-order valence-corrected chi connectivity index (χ3v) is 2.28. The molecular weight excluding hydrogens is 206 g/mol. The lowest BCUT2D eigenvalue weighted by atomic mass is 10.3. The van der Waals surface area contributed by atoms with Gasteiger partial charge in [-0.15, -0.1) is 0 Å². The van der Waals surface area contributed by atoms with E-state index in [0.29, 0.717) is 5.69 Å². The van der Waals surface area contributed by atoms with Crippen LogP contribution in [0.3, 0.4) is 0 Å². The van der Waals surface area contributed by atoms with Crippen LogP contribution in [0.25, 0.3) is 0 Å². The van der Waals surface area contributed by atoms with E-state index in [4.69, 9.17) is 0 Å². The van der Waals surface area contributed by atoms with Crippen LogP contribution in [0, 0.1) is 5.92 Å². The van der Waals surface area contributed by atoms with Crippen molar-refractivity contribution in [1.82, 2.24) is 10.9 Å². The Hall–Kier alpha value is -2.04. The molecule has 3 N–H and O–H groups in total. The van der Waals surface area contributed by atoms with Crippen LogP contribution in [0.2, 0.25) is 0 Å². The number of benzene rings is 1. The van der Waals surface area contributed by atoms with Crippen LogP contribution in [0.15, 0.2) is 30.3 Å². The SMILES string of the molecule is O=C(NNC(=O)C1CC1)Nc1ccccc1. The molecule has 3 amide bonds. The molecule has 0 heterocycles. The number of hydrogen-bond donors (Lipinski definition) is 3. The molecule has 1 saturated carbocycles. The van der Waals surface area contributed by atoms with Crippen LogP contribution < -0.4 is 16.2 Å². The van der Waals surface area contributed by atoms with E-state index in [-0.39, 0.29) is 11.8 Å². The van der Waals surface area contributed by atoms with Crippen LogP contribution in [0.1, 0.15) is 12.8 Å². The lowest BCUT2D eigenvalue weighted by Gasteiger charge is -2.08. The van der Waals surface area contributed by atoms with E-state index in [1.54, 1.807) is 12.1 Å². The molecule has 0 spiro atoms. The lowest BCUT2D eigenvalue weighted by molar-refractivity contribution is -0.122. The van der Waals surface area contributed by atoms with Crippen molar-refractivity contribution >= 4 is 17.6 Å². The van der Waals surface area contributed by atoms with Gasteiger partial charge in [-0.2, -0.15) is 0 Å². The Labute approximate surface area is 93.2 Å². The quantitative estimate of drug-likeness (QED) is 0.655. The molecule has 5 heteroatoms.